The van der Waals surface area contributed by atoms with E-state index in [4.69, 9.17) is 14.6 Å². The molecule has 1 N–H and O–H groups in total. The molecule has 1 aliphatic heterocycles. The summed E-state index contributed by atoms with van der Waals surface area (Å²) < 4.78 is 25.7. The highest BCUT2D eigenvalue weighted by Gasteiger charge is 2.24. The van der Waals surface area contributed by atoms with Crippen molar-refractivity contribution in [1.82, 2.24) is 19.7 Å². The van der Waals surface area contributed by atoms with E-state index in [1.165, 1.54) is 22.1 Å². The number of piperazine rings is 1. The van der Waals surface area contributed by atoms with Crippen molar-refractivity contribution in [3.05, 3.63) is 69.8 Å². The lowest BCUT2D eigenvalue weighted by Crippen LogP contribution is -2.46. The number of hydrogen-bond donors (Lipinski definition) is 1. The molecule has 3 aromatic heterocycles. The largest absolute Gasteiger partial charge is 0.497 e. The fourth-order valence-corrected chi connectivity index (χ4v) is 5.48. The molecule has 12 heteroatoms. The molecule has 5 rings (SSSR count). The third-order valence-electron chi connectivity index (χ3n) is 6.43. The highest BCUT2D eigenvalue weighted by Crippen LogP contribution is 2.31. The number of fused-ring (bicyclic) bond motifs is 1. The molecule has 40 heavy (non-hydrogen) atoms. The summed E-state index contributed by atoms with van der Waals surface area (Å²) >= 11 is 1.26. The molecular weight excluding hydrogens is 535 g/mol. The Bertz CT molecular complexity index is 1570. The fraction of sp³-hybridized carbons (Fsp3) is 0.357. The first kappa shape index (κ1) is 27.5. The van der Waals surface area contributed by atoms with E-state index in [-0.39, 0.29) is 5.56 Å². The summed E-state index contributed by atoms with van der Waals surface area (Å²) in [7, 11) is 1.58. The average molecular weight is 567 g/mol. The molecule has 0 atom stereocenters. The minimum atomic E-state index is -0.684. The number of hydrogen-bond acceptors (Lipinski definition) is 9. The number of thiophene rings is 1. The predicted octanol–water partition coefficient (Wildman–Crippen LogP) is 4.66. The Labute approximate surface area is 234 Å². The van der Waals surface area contributed by atoms with Crippen LogP contribution in [0.2, 0.25) is 0 Å². The first-order valence-corrected chi connectivity index (χ1v) is 13.8. The summed E-state index contributed by atoms with van der Waals surface area (Å²) in [5, 5.41) is 10.8. The number of aromatic nitrogens is 3. The maximum atomic E-state index is 13.7. The van der Waals surface area contributed by atoms with E-state index in [1.54, 1.807) is 64.3 Å². The van der Waals surface area contributed by atoms with Crippen LogP contribution in [0.4, 0.5) is 20.0 Å². The zero-order valence-corrected chi connectivity index (χ0v) is 23.6. The molecule has 0 unspecified atom stereocenters. The first-order chi connectivity index (χ1) is 19.1. The molecule has 1 aromatic carbocycles. The summed E-state index contributed by atoms with van der Waals surface area (Å²) in [5.74, 6) is 0.774. The van der Waals surface area contributed by atoms with E-state index >= 15 is 0 Å². The van der Waals surface area contributed by atoms with Gasteiger partial charge in [0.25, 0.3) is 5.56 Å². The van der Waals surface area contributed by atoms with Crippen molar-refractivity contribution in [3.63, 3.8) is 0 Å². The normalized spacial score (nSPS) is 14.4. The van der Waals surface area contributed by atoms with Crippen LogP contribution >= 0.6 is 11.3 Å². The molecule has 1 saturated heterocycles. The summed E-state index contributed by atoms with van der Waals surface area (Å²) in [6.45, 7) is 8.58. The van der Waals surface area contributed by atoms with Gasteiger partial charge in [-0.3, -0.25) is 15.0 Å². The van der Waals surface area contributed by atoms with Crippen LogP contribution in [0.25, 0.3) is 16.5 Å². The fourth-order valence-electron chi connectivity index (χ4n) is 4.53. The Morgan fingerprint density at radius 1 is 1.10 bits per heavy atom. The predicted molar refractivity (Wildman–Crippen MR) is 153 cm³/mol. The second-order valence-corrected chi connectivity index (χ2v) is 11.3. The van der Waals surface area contributed by atoms with Crippen LogP contribution in [0.3, 0.4) is 0 Å². The molecule has 10 nitrogen and oxygen atoms in total. The van der Waals surface area contributed by atoms with Crippen molar-refractivity contribution in [2.24, 2.45) is 0 Å². The van der Waals surface area contributed by atoms with Crippen molar-refractivity contribution in [3.8, 4) is 11.4 Å². The van der Waals surface area contributed by atoms with Gasteiger partial charge in [0.2, 0.25) is 5.95 Å². The summed E-state index contributed by atoms with van der Waals surface area (Å²) in [6.07, 6.45) is -0.632. The molecule has 210 valence electrons. The van der Waals surface area contributed by atoms with E-state index in [0.717, 1.165) is 0 Å². The smallest absolute Gasteiger partial charge is 0.412 e. The Hall–Kier alpha value is -4.03. The lowest BCUT2D eigenvalue weighted by atomic mass is 10.2. The Morgan fingerprint density at radius 3 is 2.48 bits per heavy atom. The van der Waals surface area contributed by atoms with Gasteiger partial charge in [-0.15, -0.1) is 11.3 Å². The molecule has 4 heterocycles. The van der Waals surface area contributed by atoms with Crippen molar-refractivity contribution in [1.29, 1.82) is 0 Å². The second kappa shape index (κ2) is 11.2. The van der Waals surface area contributed by atoms with Gasteiger partial charge in [-0.05, 0) is 57.2 Å². The van der Waals surface area contributed by atoms with Crippen LogP contribution in [0.15, 0.2) is 52.6 Å². The van der Waals surface area contributed by atoms with Crippen LogP contribution in [0.1, 0.15) is 26.5 Å². The Balaban J connectivity index is 1.47. The van der Waals surface area contributed by atoms with E-state index in [1.807, 2.05) is 10.3 Å². The molecule has 1 aliphatic rings. The zero-order valence-electron chi connectivity index (χ0n) is 22.8. The third-order valence-corrected chi connectivity index (χ3v) is 7.33. The summed E-state index contributed by atoms with van der Waals surface area (Å²) in [6, 6.07) is 11.9. The Morgan fingerprint density at radius 2 is 1.82 bits per heavy atom. The quantitative estimate of drug-likeness (QED) is 0.337. The van der Waals surface area contributed by atoms with Crippen LogP contribution in [-0.4, -0.2) is 64.6 Å². The van der Waals surface area contributed by atoms with E-state index in [9.17, 15) is 14.0 Å². The highest BCUT2D eigenvalue weighted by molar-refractivity contribution is 7.16. The van der Waals surface area contributed by atoms with Gasteiger partial charge in [-0.1, -0.05) is 6.07 Å². The number of rotatable bonds is 6. The molecule has 0 spiro atoms. The lowest BCUT2D eigenvalue weighted by molar-refractivity contribution is 0.0636. The molecule has 0 bridgehead atoms. The van der Waals surface area contributed by atoms with Crippen LogP contribution in [0.5, 0.6) is 5.75 Å². The molecular formula is C28H31FN6O4S. The van der Waals surface area contributed by atoms with Crippen molar-refractivity contribution < 1.29 is 18.7 Å². The van der Waals surface area contributed by atoms with Gasteiger partial charge in [0.15, 0.2) is 0 Å². The minimum Gasteiger partial charge on any atom is -0.497 e. The SMILES string of the molecule is COc1ccc(-n2nc(CN3CCN(c4cccc(F)n4)CC3)c3csc(NC(=O)OC(C)(C)C)c3c2=O)cc1. The maximum absolute atomic E-state index is 13.7. The topological polar surface area (TPSA) is 102 Å². The number of amides is 1. The molecule has 1 fully saturated rings. The highest BCUT2D eigenvalue weighted by atomic mass is 32.1. The number of carbonyl (C=O) groups excluding carboxylic acids is 1. The zero-order chi connectivity index (χ0) is 28.4. The molecule has 0 radical (unpaired) electrons. The van der Waals surface area contributed by atoms with E-state index in [0.29, 0.717) is 71.4 Å². The minimum absolute atomic E-state index is 0.349. The number of pyridine rings is 1. The van der Waals surface area contributed by atoms with Crippen LogP contribution in [0, 0.1) is 5.95 Å². The van der Waals surface area contributed by atoms with Crippen LogP contribution in [-0.2, 0) is 11.3 Å². The standard InChI is InChI=1S/C28H31FN6O4S/c1-28(2,3)39-27(37)31-25-24-20(17-40-25)21(32-35(26(24)36)18-8-10-19(38-4)11-9-18)16-33-12-14-34(15-13-33)23-7-5-6-22(29)30-23/h5-11,17H,12-16H2,1-4H3,(H,31,37). The van der Waals surface area contributed by atoms with E-state index < -0.39 is 17.6 Å². The Kier molecular flexibility index (Phi) is 7.72. The molecule has 0 aliphatic carbocycles. The number of carbonyl (C=O) groups is 1. The first-order valence-electron chi connectivity index (χ1n) is 12.9. The van der Waals surface area contributed by atoms with Gasteiger partial charge in [-0.25, -0.2) is 9.78 Å². The number of ether oxygens (including phenoxy) is 2. The molecule has 1 amide bonds. The van der Waals surface area contributed by atoms with Gasteiger partial charge >= 0.3 is 6.09 Å². The number of benzene rings is 1. The van der Waals surface area contributed by atoms with Gasteiger partial charge in [0, 0.05) is 43.5 Å². The number of anilines is 2. The lowest BCUT2D eigenvalue weighted by Gasteiger charge is -2.35. The third kappa shape index (κ3) is 6.07. The van der Waals surface area contributed by atoms with Gasteiger partial charge in [0.1, 0.15) is 22.2 Å². The van der Waals surface area contributed by atoms with Gasteiger partial charge < -0.3 is 14.4 Å². The number of halogens is 1. The molecule has 0 saturated carbocycles. The van der Waals surface area contributed by atoms with Crippen LogP contribution < -0.4 is 20.5 Å². The summed E-state index contributed by atoms with van der Waals surface area (Å²) in [4.78, 5) is 34.6. The maximum Gasteiger partial charge on any atom is 0.412 e. The van der Waals surface area contributed by atoms with Crippen molar-refractivity contribution in [2.45, 2.75) is 32.9 Å². The monoisotopic (exact) mass is 566 g/mol. The van der Waals surface area contributed by atoms with Crippen molar-refractivity contribution >= 4 is 39.0 Å². The second-order valence-electron chi connectivity index (χ2n) is 10.4. The number of nitrogens with zero attached hydrogens (tertiary/aromatic N) is 5. The van der Waals surface area contributed by atoms with E-state index in [2.05, 4.69) is 15.2 Å². The average Bonchev–Trinajstić information content (AvgIpc) is 3.34. The number of methoxy groups -OCH3 is 1. The summed E-state index contributed by atoms with van der Waals surface area (Å²) in [5.41, 5.74) is 0.246. The van der Waals surface area contributed by atoms with Gasteiger partial charge in [0.05, 0.1) is 23.9 Å². The van der Waals surface area contributed by atoms with Gasteiger partial charge in [-0.2, -0.15) is 14.2 Å². The number of nitrogens with one attached hydrogen (secondary N) is 1. The molecule has 4 aromatic rings. The van der Waals surface area contributed by atoms with Crippen molar-refractivity contribution in [2.75, 3.05) is 43.5 Å².